The lowest BCUT2D eigenvalue weighted by Crippen LogP contribution is -2.45. The smallest absolute Gasteiger partial charge is 0.269 e. The Bertz CT molecular complexity index is 997. The number of halogens is 1. The Morgan fingerprint density at radius 3 is 2.62 bits per heavy atom. The second-order valence-corrected chi connectivity index (χ2v) is 7.28. The number of hydrogen-bond acceptors (Lipinski definition) is 4. The second kappa shape index (κ2) is 8.05. The first-order chi connectivity index (χ1) is 14.0. The first-order valence-corrected chi connectivity index (χ1v) is 9.62. The van der Waals surface area contributed by atoms with Crippen LogP contribution in [0.1, 0.15) is 36.1 Å². The maximum atomic E-state index is 13.2. The number of hydrogen-bond donors (Lipinski definition) is 2. The van der Waals surface area contributed by atoms with Crippen molar-refractivity contribution in [3.8, 4) is 17.0 Å². The number of carbonyl (C=O) groups is 1. The lowest BCUT2D eigenvalue weighted by Gasteiger charge is -2.25. The zero-order valence-corrected chi connectivity index (χ0v) is 16.4. The number of rotatable bonds is 6. The molecule has 1 aliphatic rings. The van der Waals surface area contributed by atoms with Gasteiger partial charge in [0, 0.05) is 12.1 Å². The Hall–Kier alpha value is -3.19. The number of aromatic nitrogens is 2. The molecule has 3 aromatic rings. The monoisotopic (exact) mass is 394 g/mol. The van der Waals surface area contributed by atoms with E-state index < -0.39 is 0 Å². The molecule has 7 heteroatoms. The van der Waals surface area contributed by atoms with E-state index in [9.17, 15) is 9.18 Å². The number of fused-ring (bicyclic) bond motifs is 1. The predicted molar refractivity (Wildman–Crippen MR) is 108 cm³/mol. The lowest BCUT2D eigenvalue weighted by molar-refractivity contribution is 0.0900. The maximum absolute atomic E-state index is 13.2. The Kier molecular flexibility index (Phi) is 5.31. The van der Waals surface area contributed by atoms with Gasteiger partial charge in [-0.2, -0.15) is 5.10 Å². The van der Waals surface area contributed by atoms with Crippen molar-refractivity contribution in [1.82, 2.24) is 20.4 Å². The van der Waals surface area contributed by atoms with Gasteiger partial charge in [0.05, 0.1) is 18.3 Å². The van der Waals surface area contributed by atoms with E-state index in [2.05, 4.69) is 15.7 Å². The summed E-state index contributed by atoms with van der Waals surface area (Å²) in [6.07, 6.45) is -0.0400. The topological polar surface area (TPSA) is 68.2 Å². The van der Waals surface area contributed by atoms with Gasteiger partial charge in [0.2, 0.25) is 0 Å². The van der Waals surface area contributed by atoms with Crippen molar-refractivity contribution in [2.45, 2.75) is 32.7 Å². The van der Waals surface area contributed by atoms with Crippen LogP contribution in [0.15, 0.2) is 54.6 Å². The molecular formula is C22H23FN4O2. The van der Waals surface area contributed by atoms with Crippen molar-refractivity contribution in [2.24, 2.45) is 0 Å². The molecule has 2 N–H and O–H groups in total. The van der Waals surface area contributed by atoms with Crippen LogP contribution in [0.25, 0.3) is 11.3 Å². The quantitative estimate of drug-likeness (QED) is 0.671. The van der Waals surface area contributed by atoms with Crippen LogP contribution in [0.5, 0.6) is 5.75 Å². The second-order valence-electron chi connectivity index (χ2n) is 7.28. The minimum atomic E-state index is -0.306. The number of benzene rings is 2. The number of nitrogens with zero attached hydrogens (tertiary/aromatic N) is 2. The summed E-state index contributed by atoms with van der Waals surface area (Å²) in [4.78, 5) is 12.3. The van der Waals surface area contributed by atoms with Crippen molar-refractivity contribution in [1.29, 1.82) is 0 Å². The summed E-state index contributed by atoms with van der Waals surface area (Å²) < 4.78 is 20.6. The van der Waals surface area contributed by atoms with Crippen molar-refractivity contribution < 1.29 is 13.9 Å². The summed E-state index contributed by atoms with van der Waals surface area (Å²) >= 11 is 0. The van der Waals surface area contributed by atoms with Gasteiger partial charge in [-0.1, -0.05) is 12.1 Å². The normalized spacial score (nSPS) is 15.9. The zero-order valence-electron chi connectivity index (χ0n) is 16.4. The van der Waals surface area contributed by atoms with E-state index in [0.717, 1.165) is 16.9 Å². The first-order valence-electron chi connectivity index (χ1n) is 9.62. The van der Waals surface area contributed by atoms with Crippen LogP contribution < -0.4 is 15.4 Å². The van der Waals surface area contributed by atoms with Crippen LogP contribution in [-0.4, -0.2) is 28.3 Å². The lowest BCUT2D eigenvalue weighted by atomic mass is 10.1. The number of carbonyl (C=O) groups excluding carboxylic acids is 1. The molecule has 1 atom stereocenters. The van der Waals surface area contributed by atoms with Crippen molar-refractivity contribution >= 4 is 5.91 Å². The van der Waals surface area contributed by atoms with E-state index in [1.165, 1.54) is 12.1 Å². The van der Waals surface area contributed by atoms with Gasteiger partial charge in [0.25, 0.3) is 5.91 Å². The molecule has 29 heavy (non-hydrogen) atoms. The van der Waals surface area contributed by atoms with Gasteiger partial charge < -0.3 is 10.1 Å². The molecule has 150 valence electrons. The van der Waals surface area contributed by atoms with E-state index >= 15 is 0 Å². The molecule has 1 aromatic heterocycles. The van der Waals surface area contributed by atoms with Gasteiger partial charge in [-0.25, -0.2) is 9.07 Å². The van der Waals surface area contributed by atoms with Gasteiger partial charge in [0.15, 0.2) is 0 Å². The van der Waals surface area contributed by atoms with Gasteiger partial charge in [-0.05, 0) is 61.9 Å². The Morgan fingerprint density at radius 2 is 1.93 bits per heavy atom. The first kappa shape index (κ1) is 19.1. The molecule has 4 rings (SSSR count). The third-order valence-electron chi connectivity index (χ3n) is 4.70. The fourth-order valence-corrected chi connectivity index (χ4v) is 3.28. The zero-order chi connectivity index (χ0) is 20.4. The van der Waals surface area contributed by atoms with Crippen LogP contribution in [-0.2, 0) is 6.54 Å². The molecule has 0 saturated heterocycles. The predicted octanol–water partition coefficient (Wildman–Crippen LogP) is 3.51. The molecule has 2 heterocycles. The van der Waals surface area contributed by atoms with Gasteiger partial charge in [-0.3, -0.25) is 10.1 Å². The standard InChI is InChI=1S/C22H23FN4O2/c1-14(2)29-18-9-3-15(4-10-18)12-24-21-13-25-22(28)20-11-19(26-27(20)21)16-5-7-17(23)8-6-16/h3-11,14,21,24H,12-13H2,1-2H3,(H,25,28)/t21-/m0/s1. The highest BCUT2D eigenvalue weighted by Crippen LogP contribution is 2.23. The highest BCUT2D eigenvalue weighted by atomic mass is 19.1. The van der Waals surface area contributed by atoms with Crippen LogP contribution in [0, 0.1) is 5.82 Å². The summed E-state index contributed by atoms with van der Waals surface area (Å²) in [5, 5.41) is 10.9. The van der Waals surface area contributed by atoms with E-state index in [-0.39, 0.29) is 24.0 Å². The third kappa shape index (κ3) is 4.30. The fourth-order valence-electron chi connectivity index (χ4n) is 3.28. The maximum Gasteiger partial charge on any atom is 0.269 e. The number of amides is 1. The Labute approximate surface area is 168 Å². The fraction of sp³-hybridized carbons (Fsp3) is 0.273. The van der Waals surface area contributed by atoms with Crippen molar-refractivity contribution in [3.05, 3.63) is 71.7 Å². The molecule has 1 aliphatic heterocycles. The molecule has 0 aliphatic carbocycles. The van der Waals surface area contributed by atoms with E-state index in [4.69, 9.17) is 4.74 Å². The van der Waals surface area contributed by atoms with Gasteiger partial charge in [-0.15, -0.1) is 0 Å². The summed E-state index contributed by atoms with van der Waals surface area (Å²) in [7, 11) is 0. The summed E-state index contributed by atoms with van der Waals surface area (Å²) in [5.74, 6) is 0.367. The summed E-state index contributed by atoms with van der Waals surface area (Å²) in [5.41, 5.74) is 2.99. The minimum absolute atomic E-state index is 0.137. The summed E-state index contributed by atoms with van der Waals surface area (Å²) in [6, 6.07) is 15.7. The Balaban J connectivity index is 1.49. The molecular weight excluding hydrogens is 371 g/mol. The molecule has 6 nitrogen and oxygen atoms in total. The van der Waals surface area contributed by atoms with Crippen molar-refractivity contribution in [3.63, 3.8) is 0 Å². The van der Waals surface area contributed by atoms with E-state index in [0.29, 0.717) is 24.5 Å². The number of nitrogens with one attached hydrogen (secondary N) is 2. The molecule has 1 amide bonds. The largest absolute Gasteiger partial charge is 0.491 e. The van der Waals surface area contributed by atoms with Gasteiger partial charge in [0.1, 0.15) is 23.4 Å². The van der Waals surface area contributed by atoms with Crippen molar-refractivity contribution in [2.75, 3.05) is 6.54 Å². The van der Waals surface area contributed by atoms with Crippen LogP contribution in [0.3, 0.4) is 0 Å². The van der Waals surface area contributed by atoms with Crippen LogP contribution in [0.2, 0.25) is 0 Å². The molecule has 0 saturated carbocycles. The summed E-state index contributed by atoms with van der Waals surface area (Å²) in [6.45, 7) is 5.04. The Morgan fingerprint density at radius 1 is 1.21 bits per heavy atom. The highest BCUT2D eigenvalue weighted by Gasteiger charge is 2.27. The molecule has 0 spiro atoms. The van der Waals surface area contributed by atoms with Crippen LogP contribution in [0.4, 0.5) is 4.39 Å². The van der Waals surface area contributed by atoms with Gasteiger partial charge >= 0.3 is 0 Å². The molecule has 0 radical (unpaired) electrons. The van der Waals surface area contributed by atoms with Crippen LogP contribution >= 0.6 is 0 Å². The SMILES string of the molecule is CC(C)Oc1ccc(CN[C@@H]2CNC(=O)c3cc(-c4ccc(F)cc4)nn32)cc1. The third-order valence-corrected chi connectivity index (χ3v) is 4.70. The number of ether oxygens (including phenoxy) is 1. The molecule has 0 fully saturated rings. The minimum Gasteiger partial charge on any atom is -0.491 e. The molecule has 0 bridgehead atoms. The highest BCUT2D eigenvalue weighted by molar-refractivity contribution is 5.94. The average Bonchev–Trinajstić information content (AvgIpc) is 3.15. The van der Waals surface area contributed by atoms with E-state index in [1.807, 2.05) is 38.1 Å². The average molecular weight is 394 g/mol. The van der Waals surface area contributed by atoms with E-state index in [1.54, 1.807) is 22.9 Å². The molecule has 2 aromatic carbocycles. The molecule has 0 unspecified atom stereocenters.